The molecule has 3 fully saturated rings. The van der Waals surface area contributed by atoms with E-state index < -0.39 is 35.9 Å². The number of aliphatic hydroxyl groups is 1. The van der Waals surface area contributed by atoms with Gasteiger partial charge in [0, 0.05) is 37.9 Å². The van der Waals surface area contributed by atoms with Gasteiger partial charge in [0.05, 0.1) is 25.4 Å². The zero-order valence-electron chi connectivity index (χ0n) is 21.0. The van der Waals surface area contributed by atoms with Gasteiger partial charge in [0.2, 0.25) is 0 Å². The molecule has 1 saturated carbocycles. The first kappa shape index (κ1) is 28.3. The summed E-state index contributed by atoms with van der Waals surface area (Å²) in [6.45, 7) is 3.77. The zero-order chi connectivity index (χ0) is 26.7. The molecule has 6 atom stereocenters. The van der Waals surface area contributed by atoms with E-state index in [-0.39, 0.29) is 74.9 Å². The molecule has 2 heterocycles. The molecule has 6 unspecified atom stereocenters. The number of piperidine rings is 1. The minimum absolute atomic E-state index is 0.0247. The summed E-state index contributed by atoms with van der Waals surface area (Å²) >= 11 is 0. The van der Waals surface area contributed by atoms with E-state index in [1.165, 1.54) is 4.90 Å². The molecule has 210 valence electrons. The lowest BCUT2D eigenvalue weighted by atomic mass is 9.69. The van der Waals surface area contributed by atoms with Crippen molar-refractivity contribution in [3.63, 3.8) is 0 Å². The topological polar surface area (TPSA) is 62.8 Å². The van der Waals surface area contributed by atoms with Crippen molar-refractivity contribution in [3.8, 4) is 0 Å². The van der Waals surface area contributed by atoms with Gasteiger partial charge in [0.25, 0.3) is 0 Å². The highest BCUT2D eigenvalue weighted by molar-refractivity contribution is 5.58. The van der Waals surface area contributed by atoms with Gasteiger partial charge in [-0.15, -0.1) is 0 Å². The molecule has 0 spiro atoms. The first-order chi connectivity index (χ1) is 17.6. The maximum atomic E-state index is 15.5. The van der Waals surface area contributed by atoms with Crippen LogP contribution in [0.3, 0.4) is 0 Å². The molecule has 3 aliphatic rings. The van der Waals surface area contributed by atoms with Gasteiger partial charge in [-0.3, -0.25) is 10.2 Å². The highest BCUT2D eigenvalue weighted by Gasteiger charge is 2.53. The summed E-state index contributed by atoms with van der Waals surface area (Å²) in [6.07, 6.45) is -5.69. The molecule has 0 amide bonds. The van der Waals surface area contributed by atoms with Crippen molar-refractivity contribution in [2.45, 2.75) is 57.2 Å². The summed E-state index contributed by atoms with van der Waals surface area (Å²) in [4.78, 5) is 3.42. The number of nitrogens with zero attached hydrogens (tertiary/aromatic N) is 2. The third-order valence-corrected chi connectivity index (χ3v) is 8.12. The lowest BCUT2D eigenvalue weighted by Gasteiger charge is -2.46. The van der Waals surface area contributed by atoms with Crippen LogP contribution in [0.1, 0.15) is 32.6 Å². The maximum Gasteiger partial charge on any atom is 0.391 e. The quantitative estimate of drug-likeness (QED) is 0.300. The van der Waals surface area contributed by atoms with Crippen LogP contribution in [-0.4, -0.2) is 80.6 Å². The van der Waals surface area contributed by atoms with Crippen LogP contribution in [-0.2, 0) is 0 Å². The fourth-order valence-electron chi connectivity index (χ4n) is 6.40. The first-order valence-electron chi connectivity index (χ1n) is 13.1. The monoisotopic (exact) mass is 537 g/mol. The number of rotatable bonds is 8. The molecule has 1 aromatic rings. The molecule has 0 aromatic heterocycles. The van der Waals surface area contributed by atoms with E-state index in [1.807, 2.05) is 11.8 Å². The molecular formula is C25H37F6N5O. The molecule has 0 radical (unpaired) electrons. The highest BCUT2D eigenvalue weighted by Crippen LogP contribution is 2.49. The van der Waals surface area contributed by atoms with Crippen LogP contribution in [0.15, 0.2) is 12.1 Å². The Hall–Kier alpha value is -1.76. The first-order valence-corrected chi connectivity index (χ1v) is 13.1. The van der Waals surface area contributed by atoms with Crippen molar-refractivity contribution in [1.82, 2.24) is 15.5 Å². The SMILES string of the molecule is CCN1CN(c2c(F)cc(NCCNCCO)cc2F)C2CC(C(F)(F)F)CCC2C2CC(F)CNC21. The number of hydrogen-bond donors (Lipinski definition) is 4. The second-order valence-electron chi connectivity index (χ2n) is 10.3. The molecule has 4 N–H and O–H groups in total. The van der Waals surface area contributed by atoms with Gasteiger partial charge in [-0.1, -0.05) is 6.92 Å². The number of benzene rings is 1. The number of hydrogen-bond acceptors (Lipinski definition) is 6. The zero-order valence-corrected chi connectivity index (χ0v) is 21.0. The lowest BCUT2D eigenvalue weighted by molar-refractivity contribution is -0.187. The Morgan fingerprint density at radius 2 is 1.78 bits per heavy atom. The third-order valence-electron chi connectivity index (χ3n) is 8.12. The van der Waals surface area contributed by atoms with Crippen LogP contribution in [0.5, 0.6) is 0 Å². The van der Waals surface area contributed by atoms with Crippen LogP contribution >= 0.6 is 0 Å². The van der Waals surface area contributed by atoms with Gasteiger partial charge in [0.1, 0.15) is 11.9 Å². The van der Waals surface area contributed by atoms with Crippen LogP contribution in [0.4, 0.5) is 37.7 Å². The van der Waals surface area contributed by atoms with Crippen molar-refractivity contribution >= 4 is 11.4 Å². The summed E-state index contributed by atoms with van der Waals surface area (Å²) in [5.41, 5.74) is -0.119. The van der Waals surface area contributed by atoms with E-state index in [0.717, 1.165) is 12.1 Å². The number of nitrogens with one attached hydrogen (secondary N) is 3. The normalized spacial score (nSPS) is 31.0. The molecule has 0 bridgehead atoms. The molecule has 2 aliphatic heterocycles. The largest absolute Gasteiger partial charge is 0.395 e. The Labute approximate surface area is 213 Å². The van der Waals surface area contributed by atoms with Gasteiger partial charge >= 0.3 is 6.18 Å². The standard InChI is InChI=1S/C25H37F6N5O/c1-2-35-14-36(23-20(27)11-17(12-21(23)28)33-6-5-32-7-8-37)22-9-15(25(29,30)31)3-4-18(22)19-10-16(26)13-34-24(19)35/h11-12,15-16,18-19,22,24,32-34,37H,2-10,13-14H2,1H3. The van der Waals surface area contributed by atoms with E-state index >= 15 is 8.78 Å². The number of fused-ring (bicyclic) bond motifs is 3. The van der Waals surface area contributed by atoms with Crippen molar-refractivity contribution in [2.75, 3.05) is 56.2 Å². The maximum absolute atomic E-state index is 15.5. The van der Waals surface area contributed by atoms with Crippen LogP contribution < -0.4 is 20.9 Å². The van der Waals surface area contributed by atoms with Crippen molar-refractivity contribution in [2.24, 2.45) is 17.8 Å². The predicted octanol–water partition coefficient (Wildman–Crippen LogP) is 3.68. The molecule has 1 aromatic carbocycles. The van der Waals surface area contributed by atoms with Gasteiger partial charge in [-0.2, -0.15) is 13.2 Å². The smallest absolute Gasteiger partial charge is 0.391 e. The Morgan fingerprint density at radius 3 is 2.43 bits per heavy atom. The van der Waals surface area contributed by atoms with Gasteiger partial charge in [-0.25, -0.2) is 13.2 Å². The van der Waals surface area contributed by atoms with Crippen molar-refractivity contribution in [1.29, 1.82) is 0 Å². The summed E-state index contributed by atoms with van der Waals surface area (Å²) in [7, 11) is 0. The fourth-order valence-corrected chi connectivity index (χ4v) is 6.40. The van der Waals surface area contributed by atoms with Gasteiger partial charge in [0.15, 0.2) is 11.6 Å². The third kappa shape index (κ3) is 6.29. The molecular weight excluding hydrogens is 500 g/mol. The average Bonchev–Trinajstić information content (AvgIpc) is 2.97. The number of alkyl halides is 4. The van der Waals surface area contributed by atoms with Crippen molar-refractivity contribution in [3.05, 3.63) is 23.8 Å². The summed E-state index contributed by atoms with van der Waals surface area (Å²) in [5.74, 6) is -3.86. The molecule has 37 heavy (non-hydrogen) atoms. The summed E-state index contributed by atoms with van der Waals surface area (Å²) in [6, 6.07) is 1.54. The second kappa shape index (κ2) is 12.0. The minimum atomic E-state index is -4.41. The molecule has 6 nitrogen and oxygen atoms in total. The molecule has 4 rings (SSSR count). The van der Waals surface area contributed by atoms with Gasteiger partial charge < -0.3 is 20.6 Å². The molecule has 1 aliphatic carbocycles. The summed E-state index contributed by atoms with van der Waals surface area (Å²) in [5, 5.41) is 17.9. The minimum Gasteiger partial charge on any atom is -0.395 e. The Balaban J connectivity index is 1.67. The second-order valence-corrected chi connectivity index (χ2v) is 10.3. The average molecular weight is 538 g/mol. The lowest BCUT2D eigenvalue weighted by Crippen LogP contribution is -2.57. The molecule has 2 saturated heterocycles. The number of aliphatic hydroxyl groups excluding tert-OH is 1. The predicted molar refractivity (Wildman–Crippen MR) is 130 cm³/mol. The van der Waals surface area contributed by atoms with Crippen molar-refractivity contribution < 1.29 is 31.4 Å². The highest BCUT2D eigenvalue weighted by atomic mass is 19.4. The fraction of sp³-hybridized carbons (Fsp3) is 0.760. The Bertz CT molecular complexity index is 882. The van der Waals surface area contributed by atoms with E-state index in [9.17, 15) is 17.6 Å². The number of halogens is 6. The van der Waals surface area contributed by atoms with E-state index in [0.29, 0.717) is 26.2 Å². The number of anilines is 2. The van der Waals surface area contributed by atoms with E-state index in [4.69, 9.17) is 5.11 Å². The Morgan fingerprint density at radius 1 is 1.05 bits per heavy atom. The van der Waals surface area contributed by atoms with E-state index in [1.54, 1.807) is 0 Å². The van der Waals surface area contributed by atoms with Crippen LogP contribution in [0, 0.1) is 29.4 Å². The molecule has 12 heteroatoms. The van der Waals surface area contributed by atoms with Crippen LogP contribution in [0.25, 0.3) is 0 Å². The van der Waals surface area contributed by atoms with Gasteiger partial charge in [-0.05, 0) is 56.2 Å². The summed E-state index contributed by atoms with van der Waals surface area (Å²) < 4.78 is 86.9. The van der Waals surface area contributed by atoms with E-state index in [2.05, 4.69) is 16.0 Å². The Kier molecular flexibility index (Phi) is 9.13. The van der Waals surface area contributed by atoms with Crippen LogP contribution in [0.2, 0.25) is 0 Å².